The summed E-state index contributed by atoms with van der Waals surface area (Å²) < 4.78 is 0. The Morgan fingerprint density at radius 3 is 1.71 bits per heavy atom. The van der Waals surface area contributed by atoms with E-state index in [1.165, 1.54) is 16.9 Å². The van der Waals surface area contributed by atoms with Gasteiger partial charge in [-0.15, -0.1) is 0 Å². The predicted molar refractivity (Wildman–Crippen MR) is 64.1 cm³/mol. The summed E-state index contributed by atoms with van der Waals surface area (Å²) in [4.78, 5) is 0. The lowest BCUT2D eigenvalue weighted by Crippen LogP contribution is -2.01. The van der Waals surface area contributed by atoms with E-state index < -0.39 is 0 Å². The molecule has 0 aliphatic carbocycles. The van der Waals surface area contributed by atoms with E-state index in [0.717, 1.165) is 19.5 Å². The first-order valence-corrected chi connectivity index (χ1v) is 5.41. The van der Waals surface area contributed by atoms with Gasteiger partial charge >= 0.3 is 0 Å². The SMILES string of the molecule is CCNc1cc(CC)cc(NCC)c1. The van der Waals surface area contributed by atoms with Gasteiger partial charge in [0.05, 0.1) is 0 Å². The standard InChI is InChI=1S/C12H20N2/c1-4-10-7-11(13-5-2)9-12(8-10)14-6-3/h7-9,13-14H,4-6H2,1-3H3. The van der Waals surface area contributed by atoms with Crippen molar-refractivity contribution in [3.63, 3.8) is 0 Å². The van der Waals surface area contributed by atoms with Gasteiger partial charge in [0, 0.05) is 24.5 Å². The summed E-state index contributed by atoms with van der Waals surface area (Å²) in [5, 5.41) is 6.68. The van der Waals surface area contributed by atoms with E-state index in [2.05, 4.69) is 49.6 Å². The maximum Gasteiger partial charge on any atom is 0.0363 e. The minimum Gasteiger partial charge on any atom is -0.385 e. The normalized spacial score (nSPS) is 9.93. The number of benzene rings is 1. The Morgan fingerprint density at radius 1 is 0.857 bits per heavy atom. The molecule has 1 aromatic carbocycles. The lowest BCUT2D eigenvalue weighted by molar-refractivity contribution is 1.12. The molecule has 14 heavy (non-hydrogen) atoms. The molecule has 2 heteroatoms. The molecule has 0 aromatic heterocycles. The quantitative estimate of drug-likeness (QED) is 0.749. The zero-order valence-corrected chi connectivity index (χ0v) is 9.35. The number of hydrogen-bond donors (Lipinski definition) is 2. The summed E-state index contributed by atoms with van der Waals surface area (Å²) >= 11 is 0. The third-order valence-corrected chi connectivity index (χ3v) is 2.16. The highest BCUT2D eigenvalue weighted by molar-refractivity contribution is 5.59. The first-order valence-electron chi connectivity index (χ1n) is 5.41. The third-order valence-electron chi connectivity index (χ3n) is 2.16. The van der Waals surface area contributed by atoms with Crippen molar-refractivity contribution >= 4 is 11.4 Å². The summed E-state index contributed by atoms with van der Waals surface area (Å²) in [5.41, 5.74) is 3.80. The maximum atomic E-state index is 3.34. The Kier molecular flexibility index (Phi) is 4.30. The van der Waals surface area contributed by atoms with Crippen molar-refractivity contribution in [1.82, 2.24) is 0 Å². The van der Waals surface area contributed by atoms with Crippen molar-refractivity contribution in [2.75, 3.05) is 23.7 Å². The van der Waals surface area contributed by atoms with Crippen molar-refractivity contribution < 1.29 is 0 Å². The average Bonchev–Trinajstić information content (AvgIpc) is 2.18. The van der Waals surface area contributed by atoms with E-state index in [4.69, 9.17) is 0 Å². The molecule has 0 aliphatic rings. The van der Waals surface area contributed by atoms with Crippen LogP contribution in [0.25, 0.3) is 0 Å². The summed E-state index contributed by atoms with van der Waals surface area (Å²) in [6, 6.07) is 6.58. The molecule has 0 aliphatic heterocycles. The molecule has 0 saturated heterocycles. The molecule has 1 aromatic rings. The van der Waals surface area contributed by atoms with Gasteiger partial charge in [-0.3, -0.25) is 0 Å². The molecule has 78 valence electrons. The van der Waals surface area contributed by atoms with Crippen molar-refractivity contribution in [3.8, 4) is 0 Å². The Labute approximate surface area is 86.7 Å². The maximum absolute atomic E-state index is 3.34. The minimum absolute atomic E-state index is 0.971. The number of nitrogens with one attached hydrogen (secondary N) is 2. The molecule has 0 saturated carbocycles. The van der Waals surface area contributed by atoms with Gasteiger partial charge in [0.25, 0.3) is 0 Å². The Balaban J connectivity index is 2.88. The summed E-state index contributed by atoms with van der Waals surface area (Å²) in [5.74, 6) is 0. The lowest BCUT2D eigenvalue weighted by Gasteiger charge is -2.10. The van der Waals surface area contributed by atoms with E-state index in [0.29, 0.717) is 0 Å². The fraction of sp³-hybridized carbons (Fsp3) is 0.500. The smallest absolute Gasteiger partial charge is 0.0363 e. The fourth-order valence-electron chi connectivity index (χ4n) is 1.51. The highest BCUT2D eigenvalue weighted by Gasteiger charge is 1.98. The first-order chi connectivity index (χ1) is 6.80. The molecule has 1 rings (SSSR count). The zero-order valence-electron chi connectivity index (χ0n) is 9.35. The molecule has 2 N–H and O–H groups in total. The van der Waals surface area contributed by atoms with Crippen LogP contribution in [0.15, 0.2) is 18.2 Å². The van der Waals surface area contributed by atoms with Gasteiger partial charge in [-0.2, -0.15) is 0 Å². The van der Waals surface area contributed by atoms with Gasteiger partial charge in [0.2, 0.25) is 0 Å². The molecule has 0 spiro atoms. The minimum atomic E-state index is 0.971. The molecule has 0 radical (unpaired) electrons. The average molecular weight is 192 g/mol. The molecule has 0 atom stereocenters. The molecule has 0 bridgehead atoms. The highest BCUT2D eigenvalue weighted by atomic mass is 14.9. The van der Waals surface area contributed by atoms with Gasteiger partial charge in [-0.1, -0.05) is 6.92 Å². The van der Waals surface area contributed by atoms with Crippen LogP contribution in [-0.4, -0.2) is 13.1 Å². The second-order valence-corrected chi connectivity index (χ2v) is 3.33. The van der Waals surface area contributed by atoms with Crippen LogP contribution in [0.3, 0.4) is 0 Å². The summed E-state index contributed by atoms with van der Waals surface area (Å²) in [6.07, 6.45) is 1.08. The van der Waals surface area contributed by atoms with E-state index in [1.807, 2.05) is 0 Å². The van der Waals surface area contributed by atoms with Gasteiger partial charge < -0.3 is 10.6 Å². The Hall–Kier alpha value is -1.18. The predicted octanol–water partition coefficient (Wildman–Crippen LogP) is 3.11. The number of anilines is 2. The van der Waals surface area contributed by atoms with Crippen molar-refractivity contribution in [3.05, 3.63) is 23.8 Å². The third kappa shape index (κ3) is 2.95. The van der Waals surface area contributed by atoms with Crippen LogP contribution in [0.5, 0.6) is 0 Å². The van der Waals surface area contributed by atoms with Crippen molar-refractivity contribution in [2.45, 2.75) is 27.2 Å². The first kappa shape index (κ1) is 10.9. The monoisotopic (exact) mass is 192 g/mol. The highest BCUT2D eigenvalue weighted by Crippen LogP contribution is 2.19. The number of aryl methyl sites for hydroxylation is 1. The van der Waals surface area contributed by atoms with Gasteiger partial charge in [0.15, 0.2) is 0 Å². The second kappa shape index (κ2) is 5.53. The summed E-state index contributed by atoms with van der Waals surface area (Å²) in [7, 11) is 0. The second-order valence-electron chi connectivity index (χ2n) is 3.33. The topological polar surface area (TPSA) is 24.1 Å². The Morgan fingerprint density at radius 2 is 1.36 bits per heavy atom. The lowest BCUT2D eigenvalue weighted by atomic mass is 10.1. The van der Waals surface area contributed by atoms with Crippen molar-refractivity contribution in [1.29, 1.82) is 0 Å². The molecule has 0 unspecified atom stereocenters. The van der Waals surface area contributed by atoms with Crippen LogP contribution >= 0.6 is 0 Å². The van der Waals surface area contributed by atoms with Crippen LogP contribution in [0.1, 0.15) is 26.3 Å². The van der Waals surface area contributed by atoms with E-state index in [9.17, 15) is 0 Å². The van der Waals surface area contributed by atoms with Gasteiger partial charge in [0.1, 0.15) is 0 Å². The number of rotatable bonds is 5. The molecule has 0 fully saturated rings. The largest absolute Gasteiger partial charge is 0.385 e. The van der Waals surface area contributed by atoms with E-state index in [1.54, 1.807) is 0 Å². The van der Waals surface area contributed by atoms with E-state index in [-0.39, 0.29) is 0 Å². The zero-order chi connectivity index (χ0) is 10.4. The Bertz CT molecular complexity index is 257. The van der Waals surface area contributed by atoms with Crippen LogP contribution in [0.4, 0.5) is 11.4 Å². The summed E-state index contributed by atoms with van der Waals surface area (Å²) in [6.45, 7) is 8.36. The van der Waals surface area contributed by atoms with Crippen LogP contribution in [-0.2, 0) is 6.42 Å². The molecular formula is C12H20N2. The molecule has 0 amide bonds. The van der Waals surface area contributed by atoms with Gasteiger partial charge in [-0.05, 0) is 44.0 Å². The van der Waals surface area contributed by atoms with E-state index >= 15 is 0 Å². The fourth-order valence-corrected chi connectivity index (χ4v) is 1.51. The number of hydrogen-bond acceptors (Lipinski definition) is 2. The van der Waals surface area contributed by atoms with Crippen molar-refractivity contribution in [2.24, 2.45) is 0 Å². The van der Waals surface area contributed by atoms with Crippen LogP contribution < -0.4 is 10.6 Å². The molecular weight excluding hydrogens is 172 g/mol. The molecule has 2 nitrogen and oxygen atoms in total. The van der Waals surface area contributed by atoms with Crippen LogP contribution in [0.2, 0.25) is 0 Å². The van der Waals surface area contributed by atoms with Gasteiger partial charge in [-0.25, -0.2) is 0 Å². The molecule has 0 heterocycles. The van der Waals surface area contributed by atoms with Crippen LogP contribution in [0, 0.1) is 0 Å².